The summed E-state index contributed by atoms with van der Waals surface area (Å²) in [5.41, 5.74) is 3.67. The van der Waals surface area contributed by atoms with Gasteiger partial charge >= 0.3 is 0 Å². The highest BCUT2D eigenvalue weighted by Crippen LogP contribution is 2.26. The number of benzene rings is 2. The molecule has 0 fully saturated rings. The zero-order valence-corrected chi connectivity index (χ0v) is 13.2. The second-order valence-electron chi connectivity index (χ2n) is 5.27. The summed E-state index contributed by atoms with van der Waals surface area (Å²) in [5, 5.41) is 11.5. The molecule has 0 aliphatic carbocycles. The van der Waals surface area contributed by atoms with Crippen molar-refractivity contribution in [3.63, 3.8) is 0 Å². The molecule has 23 heavy (non-hydrogen) atoms. The SMILES string of the molecule is Cc1ccc2nc(NC(=O)Cn3nnc4ccccc43)sc2c1. The van der Waals surface area contributed by atoms with E-state index in [9.17, 15) is 4.79 Å². The zero-order valence-electron chi connectivity index (χ0n) is 12.4. The molecule has 0 bridgehead atoms. The number of anilines is 1. The molecule has 2 aromatic carbocycles. The van der Waals surface area contributed by atoms with Crippen molar-refractivity contribution in [1.29, 1.82) is 0 Å². The minimum atomic E-state index is -0.170. The Kier molecular flexibility index (Phi) is 3.27. The first-order valence-electron chi connectivity index (χ1n) is 7.14. The maximum absolute atomic E-state index is 12.2. The van der Waals surface area contributed by atoms with Crippen molar-refractivity contribution in [3.8, 4) is 0 Å². The zero-order chi connectivity index (χ0) is 15.8. The fourth-order valence-electron chi connectivity index (χ4n) is 2.41. The Morgan fingerprint density at radius 3 is 3.00 bits per heavy atom. The number of rotatable bonds is 3. The molecule has 114 valence electrons. The molecule has 1 N–H and O–H groups in total. The number of amides is 1. The van der Waals surface area contributed by atoms with E-state index in [4.69, 9.17) is 0 Å². The van der Waals surface area contributed by atoms with E-state index in [1.54, 1.807) is 4.68 Å². The van der Waals surface area contributed by atoms with E-state index in [2.05, 4.69) is 26.7 Å². The molecule has 4 rings (SSSR count). The van der Waals surface area contributed by atoms with Gasteiger partial charge in [-0.25, -0.2) is 9.67 Å². The summed E-state index contributed by atoms with van der Waals surface area (Å²) >= 11 is 1.47. The highest BCUT2D eigenvalue weighted by Gasteiger charge is 2.11. The van der Waals surface area contributed by atoms with Crippen molar-refractivity contribution in [2.24, 2.45) is 0 Å². The Bertz CT molecular complexity index is 1020. The number of carbonyl (C=O) groups is 1. The molecule has 0 atom stereocenters. The normalized spacial score (nSPS) is 11.2. The van der Waals surface area contributed by atoms with E-state index < -0.39 is 0 Å². The van der Waals surface area contributed by atoms with Gasteiger partial charge in [-0.15, -0.1) is 5.10 Å². The van der Waals surface area contributed by atoms with Crippen LogP contribution in [0.5, 0.6) is 0 Å². The molecule has 0 saturated carbocycles. The van der Waals surface area contributed by atoms with E-state index >= 15 is 0 Å². The lowest BCUT2D eigenvalue weighted by molar-refractivity contribution is -0.116. The second kappa shape index (κ2) is 5.44. The molecule has 0 unspecified atom stereocenters. The summed E-state index contributed by atoms with van der Waals surface area (Å²) in [4.78, 5) is 16.7. The smallest absolute Gasteiger partial charge is 0.247 e. The minimum Gasteiger partial charge on any atom is -0.300 e. The van der Waals surface area contributed by atoms with Gasteiger partial charge in [-0.05, 0) is 36.8 Å². The standard InChI is InChI=1S/C16H13N5OS/c1-10-6-7-12-14(8-10)23-16(17-12)18-15(22)9-21-13-5-3-2-4-11(13)19-20-21/h2-8H,9H2,1H3,(H,17,18,22). The van der Waals surface area contributed by atoms with Crippen molar-refractivity contribution in [2.75, 3.05) is 5.32 Å². The number of thiazole rings is 1. The number of nitrogens with zero attached hydrogens (tertiary/aromatic N) is 4. The van der Waals surface area contributed by atoms with Gasteiger partial charge < -0.3 is 5.32 Å². The lowest BCUT2D eigenvalue weighted by Crippen LogP contribution is -2.19. The predicted octanol–water partition coefficient (Wildman–Crippen LogP) is 2.99. The molecule has 0 radical (unpaired) electrons. The van der Waals surface area contributed by atoms with Gasteiger partial charge in [-0.1, -0.05) is 34.7 Å². The highest BCUT2D eigenvalue weighted by molar-refractivity contribution is 7.22. The van der Waals surface area contributed by atoms with E-state index in [-0.39, 0.29) is 12.5 Å². The maximum Gasteiger partial charge on any atom is 0.247 e. The molecule has 0 saturated heterocycles. The molecule has 4 aromatic rings. The van der Waals surface area contributed by atoms with Crippen molar-refractivity contribution >= 4 is 43.6 Å². The first kappa shape index (κ1) is 13.8. The van der Waals surface area contributed by atoms with Crippen LogP contribution in [0.4, 0.5) is 5.13 Å². The van der Waals surface area contributed by atoms with Crippen molar-refractivity contribution in [1.82, 2.24) is 20.0 Å². The average molecular weight is 323 g/mol. The van der Waals surface area contributed by atoms with Gasteiger partial charge in [0.25, 0.3) is 0 Å². The Balaban J connectivity index is 1.54. The summed E-state index contributed by atoms with van der Waals surface area (Å²) in [6, 6.07) is 13.6. The Morgan fingerprint density at radius 1 is 1.22 bits per heavy atom. The lowest BCUT2D eigenvalue weighted by atomic mass is 10.2. The van der Waals surface area contributed by atoms with Crippen molar-refractivity contribution in [3.05, 3.63) is 48.0 Å². The number of carbonyl (C=O) groups excluding carboxylic acids is 1. The number of aromatic nitrogens is 4. The summed E-state index contributed by atoms with van der Waals surface area (Å²) in [6.45, 7) is 2.14. The van der Waals surface area contributed by atoms with E-state index in [1.807, 2.05) is 43.3 Å². The van der Waals surface area contributed by atoms with Gasteiger partial charge in [-0.3, -0.25) is 4.79 Å². The summed E-state index contributed by atoms with van der Waals surface area (Å²) < 4.78 is 2.65. The molecule has 0 aliphatic rings. The van der Waals surface area contributed by atoms with Crippen LogP contribution in [-0.2, 0) is 11.3 Å². The van der Waals surface area contributed by atoms with Crippen LogP contribution >= 0.6 is 11.3 Å². The lowest BCUT2D eigenvalue weighted by Gasteiger charge is -2.02. The number of hydrogen-bond acceptors (Lipinski definition) is 5. The Labute approximate surface area is 135 Å². The maximum atomic E-state index is 12.2. The average Bonchev–Trinajstić information content (AvgIpc) is 3.11. The summed E-state index contributed by atoms with van der Waals surface area (Å²) in [5.74, 6) is -0.170. The van der Waals surface area contributed by atoms with Crippen LogP contribution < -0.4 is 5.32 Å². The molecule has 0 aliphatic heterocycles. The van der Waals surface area contributed by atoms with Gasteiger partial charge in [0.2, 0.25) is 5.91 Å². The van der Waals surface area contributed by atoms with E-state index in [1.165, 1.54) is 16.9 Å². The summed E-state index contributed by atoms with van der Waals surface area (Å²) in [6.07, 6.45) is 0. The van der Waals surface area contributed by atoms with Crippen molar-refractivity contribution in [2.45, 2.75) is 13.5 Å². The monoisotopic (exact) mass is 323 g/mol. The third-order valence-electron chi connectivity index (χ3n) is 3.50. The van der Waals surface area contributed by atoms with Crippen LogP contribution in [0, 0.1) is 6.92 Å². The van der Waals surface area contributed by atoms with Gasteiger partial charge in [0.15, 0.2) is 5.13 Å². The van der Waals surface area contributed by atoms with Crippen LogP contribution in [0.1, 0.15) is 5.56 Å². The number of hydrogen-bond donors (Lipinski definition) is 1. The first-order valence-corrected chi connectivity index (χ1v) is 7.96. The molecule has 2 heterocycles. The van der Waals surface area contributed by atoms with Crippen LogP contribution in [-0.4, -0.2) is 25.9 Å². The minimum absolute atomic E-state index is 0.107. The number of aryl methyl sites for hydroxylation is 1. The predicted molar refractivity (Wildman–Crippen MR) is 90.5 cm³/mol. The van der Waals surface area contributed by atoms with E-state index in [0.29, 0.717) is 5.13 Å². The van der Waals surface area contributed by atoms with Crippen LogP contribution in [0.3, 0.4) is 0 Å². The van der Waals surface area contributed by atoms with Gasteiger partial charge in [0.05, 0.1) is 15.7 Å². The Morgan fingerprint density at radius 2 is 2.09 bits per heavy atom. The fraction of sp³-hybridized carbons (Fsp3) is 0.125. The first-order chi connectivity index (χ1) is 11.2. The van der Waals surface area contributed by atoms with Crippen LogP contribution in [0.25, 0.3) is 21.3 Å². The molecular formula is C16H13N5OS. The molecule has 2 aromatic heterocycles. The largest absolute Gasteiger partial charge is 0.300 e. The molecule has 1 amide bonds. The quantitative estimate of drug-likeness (QED) is 0.629. The van der Waals surface area contributed by atoms with Gasteiger partial charge in [0.1, 0.15) is 12.1 Å². The van der Waals surface area contributed by atoms with Crippen molar-refractivity contribution < 1.29 is 4.79 Å². The van der Waals surface area contributed by atoms with Gasteiger partial charge in [-0.2, -0.15) is 0 Å². The van der Waals surface area contributed by atoms with Crippen LogP contribution in [0.2, 0.25) is 0 Å². The van der Waals surface area contributed by atoms with E-state index in [0.717, 1.165) is 21.3 Å². The number of nitrogens with one attached hydrogen (secondary N) is 1. The third-order valence-corrected chi connectivity index (χ3v) is 4.44. The second-order valence-corrected chi connectivity index (χ2v) is 6.30. The number of para-hydroxylation sites is 1. The topological polar surface area (TPSA) is 72.7 Å². The summed E-state index contributed by atoms with van der Waals surface area (Å²) in [7, 11) is 0. The Hall–Kier alpha value is -2.80. The van der Waals surface area contributed by atoms with Crippen LogP contribution in [0.15, 0.2) is 42.5 Å². The molecule has 0 spiro atoms. The third kappa shape index (κ3) is 2.66. The highest BCUT2D eigenvalue weighted by atomic mass is 32.1. The number of fused-ring (bicyclic) bond motifs is 2. The fourth-order valence-corrected chi connectivity index (χ4v) is 3.39. The molecule has 7 heteroatoms. The molecule has 6 nitrogen and oxygen atoms in total. The molecular weight excluding hydrogens is 310 g/mol. The van der Waals surface area contributed by atoms with Gasteiger partial charge in [0, 0.05) is 0 Å².